The Morgan fingerprint density at radius 1 is 1.39 bits per heavy atom. The summed E-state index contributed by atoms with van der Waals surface area (Å²) in [6.45, 7) is 9.46. The van der Waals surface area contributed by atoms with E-state index in [0.717, 1.165) is 43.3 Å². The Hall–Kier alpha value is -1.40. The van der Waals surface area contributed by atoms with Gasteiger partial charge in [0, 0.05) is 26.2 Å². The van der Waals surface area contributed by atoms with Crippen molar-refractivity contribution in [2.75, 3.05) is 31.5 Å². The molecule has 100 valence electrons. The lowest BCUT2D eigenvalue weighted by atomic mass is 10.2. The Bertz CT molecular complexity index is 403. The molecule has 0 bridgehead atoms. The molecule has 1 amide bonds. The van der Waals surface area contributed by atoms with Crippen molar-refractivity contribution < 1.29 is 4.79 Å². The van der Waals surface area contributed by atoms with Gasteiger partial charge in [0.05, 0.1) is 23.1 Å². The summed E-state index contributed by atoms with van der Waals surface area (Å²) in [5, 5.41) is 13.2. The number of anilines is 1. The molecule has 1 saturated heterocycles. The Labute approximate surface area is 107 Å². The molecular formula is C12H21N5O. The van der Waals surface area contributed by atoms with E-state index in [1.165, 1.54) is 0 Å². The normalized spacial score (nSPS) is 18.6. The van der Waals surface area contributed by atoms with Crippen molar-refractivity contribution in [3.63, 3.8) is 0 Å². The highest BCUT2D eigenvalue weighted by Gasteiger charge is 2.23. The molecule has 1 unspecified atom stereocenters. The maximum absolute atomic E-state index is 12.2. The smallest absolute Gasteiger partial charge is 0.241 e. The molecule has 6 nitrogen and oxygen atoms in total. The first kappa shape index (κ1) is 13.0. The standard InChI is InChI=1S/C12H21N5O/c1-8-11(9(2)16-15-8)14-12(18)10(3)17-6-4-13-5-7-17/h10,13H,4-7H2,1-3H3,(H,14,18)(H,15,16). The summed E-state index contributed by atoms with van der Waals surface area (Å²) in [6.07, 6.45) is 0. The molecule has 1 aliphatic rings. The molecule has 3 N–H and O–H groups in total. The van der Waals surface area contributed by atoms with Gasteiger partial charge >= 0.3 is 0 Å². The van der Waals surface area contributed by atoms with Gasteiger partial charge in [0.15, 0.2) is 0 Å². The van der Waals surface area contributed by atoms with E-state index in [1.54, 1.807) is 0 Å². The third-order valence-corrected chi connectivity index (χ3v) is 3.46. The van der Waals surface area contributed by atoms with Crippen LogP contribution < -0.4 is 10.6 Å². The summed E-state index contributed by atoms with van der Waals surface area (Å²) in [5.74, 6) is 0.0319. The maximum Gasteiger partial charge on any atom is 0.241 e. The highest BCUT2D eigenvalue weighted by atomic mass is 16.2. The Balaban J connectivity index is 1.99. The van der Waals surface area contributed by atoms with Crippen LogP contribution in [0.1, 0.15) is 18.3 Å². The molecule has 0 radical (unpaired) electrons. The first-order valence-electron chi connectivity index (χ1n) is 6.37. The molecule has 2 heterocycles. The minimum absolute atomic E-state index is 0.0319. The van der Waals surface area contributed by atoms with Gasteiger partial charge in [-0.3, -0.25) is 14.8 Å². The number of hydrogen-bond acceptors (Lipinski definition) is 4. The van der Waals surface area contributed by atoms with E-state index in [-0.39, 0.29) is 11.9 Å². The van der Waals surface area contributed by atoms with Crippen molar-refractivity contribution in [2.24, 2.45) is 0 Å². The minimum atomic E-state index is -0.110. The number of H-pyrrole nitrogens is 1. The molecule has 1 fully saturated rings. The van der Waals surface area contributed by atoms with Gasteiger partial charge in [-0.05, 0) is 20.8 Å². The molecule has 1 aliphatic heterocycles. The quantitative estimate of drug-likeness (QED) is 0.720. The van der Waals surface area contributed by atoms with Crippen molar-refractivity contribution in [2.45, 2.75) is 26.8 Å². The predicted octanol–water partition coefficient (Wildman–Crippen LogP) is 0.259. The van der Waals surface area contributed by atoms with Gasteiger partial charge in [-0.2, -0.15) is 5.10 Å². The van der Waals surface area contributed by atoms with Gasteiger partial charge in [-0.1, -0.05) is 0 Å². The first-order chi connectivity index (χ1) is 8.59. The average Bonchev–Trinajstić information content (AvgIpc) is 2.70. The van der Waals surface area contributed by atoms with Crippen molar-refractivity contribution in [1.29, 1.82) is 0 Å². The fourth-order valence-corrected chi connectivity index (χ4v) is 2.20. The second-order valence-electron chi connectivity index (χ2n) is 4.76. The van der Waals surface area contributed by atoms with E-state index in [2.05, 4.69) is 25.7 Å². The van der Waals surface area contributed by atoms with E-state index in [9.17, 15) is 4.79 Å². The van der Waals surface area contributed by atoms with Crippen LogP contribution in [0.15, 0.2) is 0 Å². The summed E-state index contributed by atoms with van der Waals surface area (Å²) >= 11 is 0. The van der Waals surface area contributed by atoms with E-state index >= 15 is 0 Å². The number of aromatic amines is 1. The second-order valence-corrected chi connectivity index (χ2v) is 4.76. The van der Waals surface area contributed by atoms with Crippen molar-refractivity contribution >= 4 is 11.6 Å². The fraction of sp³-hybridized carbons (Fsp3) is 0.667. The zero-order valence-electron chi connectivity index (χ0n) is 11.2. The van der Waals surface area contributed by atoms with Crippen LogP contribution in [-0.2, 0) is 4.79 Å². The molecule has 0 aliphatic carbocycles. The van der Waals surface area contributed by atoms with Gasteiger partial charge in [0.25, 0.3) is 0 Å². The average molecular weight is 251 g/mol. The van der Waals surface area contributed by atoms with E-state index in [1.807, 2.05) is 20.8 Å². The number of piperazine rings is 1. The zero-order valence-corrected chi connectivity index (χ0v) is 11.2. The van der Waals surface area contributed by atoms with E-state index < -0.39 is 0 Å². The van der Waals surface area contributed by atoms with E-state index in [4.69, 9.17) is 0 Å². The van der Waals surface area contributed by atoms with Crippen molar-refractivity contribution in [3.05, 3.63) is 11.4 Å². The fourth-order valence-electron chi connectivity index (χ4n) is 2.20. The second kappa shape index (κ2) is 5.49. The molecule has 1 aromatic heterocycles. The van der Waals surface area contributed by atoms with Crippen LogP contribution >= 0.6 is 0 Å². The molecule has 0 spiro atoms. The summed E-state index contributed by atoms with van der Waals surface area (Å²) in [5.41, 5.74) is 2.53. The minimum Gasteiger partial charge on any atom is -0.322 e. The van der Waals surface area contributed by atoms with Crippen molar-refractivity contribution in [1.82, 2.24) is 20.4 Å². The summed E-state index contributed by atoms with van der Waals surface area (Å²) in [6, 6.07) is -0.110. The number of aryl methyl sites for hydroxylation is 2. The maximum atomic E-state index is 12.2. The SMILES string of the molecule is Cc1n[nH]c(C)c1NC(=O)C(C)N1CCNCC1. The number of aromatic nitrogens is 2. The van der Waals surface area contributed by atoms with Crippen LogP contribution in [0.3, 0.4) is 0 Å². The number of amides is 1. The van der Waals surface area contributed by atoms with E-state index in [0.29, 0.717) is 0 Å². The monoisotopic (exact) mass is 251 g/mol. The lowest BCUT2D eigenvalue weighted by Crippen LogP contribution is -2.51. The number of rotatable bonds is 3. The molecule has 0 aromatic carbocycles. The molecule has 2 rings (SSSR count). The van der Waals surface area contributed by atoms with Gasteiger partial charge in [0.1, 0.15) is 0 Å². The number of carbonyl (C=O) groups is 1. The van der Waals surface area contributed by atoms with Gasteiger partial charge in [0.2, 0.25) is 5.91 Å². The van der Waals surface area contributed by atoms with Crippen LogP contribution in [0.5, 0.6) is 0 Å². The zero-order chi connectivity index (χ0) is 13.1. The number of nitrogens with zero attached hydrogens (tertiary/aromatic N) is 2. The first-order valence-corrected chi connectivity index (χ1v) is 6.37. The number of carbonyl (C=O) groups excluding carboxylic acids is 1. The molecular weight excluding hydrogens is 230 g/mol. The van der Waals surface area contributed by atoms with Gasteiger partial charge in [-0.25, -0.2) is 0 Å². The van der Waals surface area contributed by atoms with Gasteiger partial charge in [-0.15, -0.1) is 0 Å². The molecule has 0 saturated carbocycles. The lowest BCUT2D eigenvalue weighted by molar-refractivity contribution is -0.121. The van der Waals surface area contributed by atoms with Crippen molar-refractivity contribution in [3.8, 4) is 0 Å². The topological polar surface area (TPSA) is 73.0 Å². The van der Waals surface area contributed by atoms with Crippen LogP contribution in [0.4, 0.5) is 5.69 Å². The molecule has 18 heavy (non-hydrogen) atoms. The van der Waals surface area contributed by atoms with Crippen LogP contribution in [0.2, 0.25) is 0 Å². The Kier molecular flexibility index (Phi) is 3.98. The summed E-state index contributed by atoms with van der Waals surface area (Å²) < 4.78 is 0. The molecule has 1 atom stereocenters. The predicted molar refractivity (Wildman–Crippen MR) is 70.6 cm³/mol. The van der Waals surface area contributed by atoms with Crippen LogP contribution in [-0.4, -0.2) is 53.2 Å². The molecule has 6 heteroatoms. The largest absolute Gasteiger partial charge is 0.322 e. The van der Waals surface area contributed by atoms with Gasteiger partial charge < -0.3 is 10.6 Å². The van der Waals surface area contributed by atoms with Crippen LogP contribution in [0.25, 0.3) is 0 Å². The highest BCUT2D eigenvalue weighted by molar-refractivity contribution is 5.95. The highest BCUT2D eigenvalue weighted by Crippen LogP contribution is 2.16. The Morgan fingerprint density at radius 2 is 2.06 bits per heavy atom. The Morgan fingerprint density at radius 3 is 2.61 bits per heavy atom. The molecule has 1 aromatic rings. The van der Waals surface area contributed by atoms with Crippen LogP contribution in [0, 0.1) is 13.8 Å². The lowest BCUT2D eigenvalue weighted by Gasteiger charge is -2.31. The third-order valence-electron chi connectivity index (χ3n) is 3.46. The number of hydrogen-bond donors (Lipinski definition) is 3. The third kappa shape index (κ3) is 2.70. The number of nitrogens with one attached hydrogen (secondary N) is 3. The summed E-state index contributed by atoms with van der Waals surface area (Å²) in [4.78, 5) is 14.4. The summed E-state index contributed by atoms with van der Waals surface area (Å²) in [7, 11) is 0.